The van der Waals surface area contributed by atoms with Crippen molar-refractivity contribution < 1.29 is 27.5 Å². The molecule has 2 aromatic heterocycles. The van der Waals surface area contributed by atoms with E-state index in [9.17, 15) is 18.0 Å². The van der Waals surface area contributed by atoms with E-state index in [0.717, 1.165) is 35.3 Å². The number of aromatic nitrogens is 2. The number of nitrogens with one attached hydrogen (secondary N) is 2. The Morgan fingerprint density at radius 2 is 2.06 bits per heavy atom. The van der Waals surface area contributed by atoms with Crippen LogP contribution in [0.1, 0.15) is 30.0 Å². The van der Waals surface area contributed by atoms with E-state index in [1.807, 2.05) is 31.2 Å². The van der Waals surface area contributed by atoms with Gasteiger partial charge in [-0.15, -0.1) is 11.3 Å². The van der Waals surface area contributed by atoms with Crippen LogP contribution in [0.25, 0.3) is 21.3 Å². The van der Waals surface area contributed by atoms with Crippen LogP contribution in [0.3, 0.4) is 0 Å². The minimum Gasteiger partial charge on any atom is -0.478 e. The smallest absolute Gasteiger partial charge is 0.245 e. The molecule has 0 radical (unpaired) electrons. The molecule has 1 aromatic carbocycles. The number of amides is 2. The molecular formula is C24H28N4O6S2. The average Bonchev–Trinajstić information content (AvgIpc) is 3.57. The van der Waals surface area contributed by atoms with Crippen molar-refractivity contribution in [3.05, 3.63) is 41.5 Å². The van der Waals surface area contributed by atoms with Crippen molar-refractivity contribution in [3.63, 3.8) is 0 Å². The van der Waals surface area contributed by atoms with Gasteiger partial charge in [0.05, 0.1) is 35.7 Å². The van der Waals surface area contributed by atoms with E-state index < -0.39 is 21.0 Å². The molecule has 1 aliphatic carbocycles. The SMILES string of the molecule is CCOc1ncccc1-c1ccc2nc(C(C(=O)NCC(=O)NC3CC3)S(=O)(=O)CCOC)sc2c1. The Labute approximate surface area is 213 Å². The normalized spacial score (nSPS) is 14.4. The predicted molar refractivity (Wildman–Crippen MR) is 137 cm³/mol. The van der Waals surface area contributed by atoms with Crippen LogP contribution in [0.15, 0.2) is 36.5 Å². The van der Waals surface area contributed by atoms with E-state index in [0.29, 0.717) is 22.7 Å². The first-order valence-electron chi connectivity index (χ1n) is 11.6. The molecule has 0 bridgehead atoms. The number of methoxy groups -OCH3 is 1. The fourth-order valence-electron chi connectivity index (χ4n) is 3.60. The molecule has 0 saturated heterocycles. The topological polar surface area (TPSA) is 137 Å². The number of carbonyl (C=O) groups is 2. The Hall–Kier alpha value is -3.09. The summed E-state index contributed by atoms with van der Waals surface area (Å²) < 4.78 is 37.6. The molecule has 1 fully saturated rings. The summed E-state index contributed by atoms with van der Waals surface area (Å²) in [4.78, 5) is 33.9. The molecule has 1 aliphatic rings. The summed E-state index contributed by atoms with van der Waals surface area (Å²) in [5.74, 6) is -1.01. The van der Waals surface area contributed by atoms with Gasteiger partial charge in [0.25, 0.3) is 0 Å². The summed E-state index contributed by atoms with van der Waals surface area (Å²) in [6.07, 6.45) is 3.47. The maximum atomic E-state index is 13.1. The lowest BCUT2D eigenvalue weighted by molar-refractivity contribution is -0.126. The molecule has 2 N–H and O–H groups in total. The van der Waals surface area contributed by atoms with Gasteiger partial charge in [-0.1, -0.05) is 6.07 Å². The summed E-state index contributed by atoms with van der Waals surface area (Å²) in [7, 11) is -2.58. The number of fused-ring (bicyclic) bond motifs is 1. The van der Waals surface area contributed by atoms with Crippen molar-refractivity contribution in [1.82, 2.24) is 20.6 Å². The summed E-state index contributed by atoms with van der Waals surface area (Å²) in [6, 6.07) is 9.32. The fraction of sp³-hybridized carbons (Fsp3) is 0.417. The van der Waals surface area contributed by atoms with Gasteiger partial charge < -0.3 is 20.1 Å². The zero-order chi connectivity index (χ0) is 25.7. The van der Waals surface area contributed by atoms with E-state index in [4.69, 9.17) is 9.47 Å². The lowest BCUT2D eigenvalue weighted by atomic mass is 10.1. The minimum absolute atomic E-state index is 0.0649. The van der Waals surface area contributed by atoms with Gasteiger partial charge in [0.2, 0.25) is 17.7 Å². The zero-order valence-electron chi connectivity index (χ0n) is 20.0. The highest BCUT2D eigenvalue weighted by Crippen LogP contribution is 2.35. The molecule has 10 nitrogen and oxygen atoms in total. The van der Waals surface area contributed by atoms with Gasteiger partial charge in [0, 0.05) is 24.9 Å². The second-order valence-electron chi connectivity index (χ2n) is 8.32. The standard InChI is InChI=1S/C24H28N4O6S2/c1-3-34-23-17(5-4-10-25-23)15-6-9-18-19(13-15)35-24(28-18)21(36(31,32)12-11-33-2)22(30)26-14-20(29)27-16-7-8-16/h4-6,9-10,13,16,21H,3,7-8,11-12,14H2,1-2H3,(H,26,30)(H,27,29). The zero-order valence-corrected chi connectivity index (χ0v) is 21.7. The number of carbonyl (C=O) groups excluding carboxylic acids is 2. The molecule has 0 aliphatic heterocycles. The van der Waals surface area contributed by atoms with Crippen molar-refractivity contribution in [2.45, 2.75) is 31.1 Å². The fourth-order valence-corrected chi connectivity index (χ4v) is 6.57. The van der Waals surface area contributed by atoms with Crippen molar-refractivity contribution in [1.29, 1.82) is 0 Å². The number of hydrogen-bond donors (Lipinski definition) is 2. The largest absolute Gasteiger partial charge is 0.478 e. The number of pyridine rings is 1. The maximum Gasteiger partial charge on any atom is 0.245 e. The lowest BCUT2D eigenvalue weighted by Crippen LogP contribution is -2.41. The van der Waals surface area contributed by atoms with E-state index in [1.165, 1.54) is 7.11 Å². The van der Waals surface area contributed by atoms with Crippen LogP contribution < -0.4 is 15.4 Å². The highest BCUT2D eigenvalue weighted by Gasteiger charge is 2.37. The molecule has 1 unspecified atom stereocenters. The van der Waals surface area contributed by atoms with E-state index >= 15 is 0 Å². The third kappa shape index (κ3) is 6.18. The molecule has 192 valence electrons. The van der Waals surface area contributed by atoms with Gasteiger partial charge in [-0.3, -0.25) is 9.59 Å². The van der Waals surface area contributed by atoms with Crippen molar-refractivity contribution in [3.8, 4) is 17.0 Å². The number of nitrogens with zero attached hydrogens (tertiary/aromatic N) is 2. The third-order valence-corrected chi connectivity index (χ3v) is 8.65. The maximum absolute atomic E-state index is 13.1. The van der Waals surface area contributed by atoms with Crippen molar-refractivity contribution >= 4 is 43.2 Å². The quantitative estimate of drug-likeness (QED) is 0.362. The predicted octanol–water partition coefficient (Wildman–Crippen LogP) is 2.25. The third-order valence-electron chi connectivity index (χ3n) is 5.53. The van der Waals surface area contributed by atoms with E-state index in [2.05, 4.69) is 20.6 Å². The monoisotopic (exact) mass is 532 g/mol. The van der Waals surface area contributed by atoms with Gasteiger partial charge in [-0.2, -0.15) is 0 Å². The number of hydrogen-bond acceptors (Lipinski definition) is 9. The summed E-state index contributed by atoms with van der Waals surface area (Å²) in [5.41, 5.74) is 2.18. The first kappa shape index (κ1) is 26.0. The van der Waals surface area contributed by atoms with Gasteiger partial charge in [-0.25, -0.2) is 18.4 Å². The van der Waals surface area contributed by atoms with Gasteiger partial charge in [-0.05, 0) is 49.6 Å². The Morgan fingerprint density at radius 1 is 1.25 bits per heavy atom. The van der Waals surface area contributed by atoms with Crippen molar-refractivity contribution in [2.24, 2.45) is 0 Å². The highest BCUT2D eigenvalue weighted by molar-refractivity contribution is 7.92. The molecular weight excluding hydrogens is 504 g/mol. The highest BCUT2D eigenvalue weighted by atomic mass is 32.2. The molecule has 2 heterocycles. The first-order valence-corrected chi connectivity index (χ1v) is 14.1. The van der Waals surface area contributed by atoms with Gasteiger partial charge >= 0.3 is 0 Å². The molecule has 36 heavy (non-hydrogen) atoms. The van der Waals surface area contributed by atoms with Crippen LogP contribution in [-0.2, 0) is 24.2 Å². The Bertz CT molecular complexity index is 1350. The first-order chi connectivity index (χ1) is 17.3. The molecule has 2 amide bonds. The Balaban J connectivity index is 1.64. The lowest BCUT2D eigenvalue weighted by Gasteiger charge is -2.15. The molecule has 1 saturated carbocycles. The second kappa shape index (κ2) is 11.3. The van der Waals surface area contributed by atoms with Crippen molar-refractivity contribution in [2.75, 3.05) is 32.6 Å². The number of thiazole rings is 1. The average molecular weight is 533 g/mol. The van der Waals surface area contributed by atoms with Crippen LogP contribution in [-0.4, -0.2) is 68.9 Å². The van der Waals surface area contributed by atoms with Crippen LogP contribution in [0.5, 0.6) is 5.88 Å². The van der Waals surface area contributed by atoms with Crippen LogP contribution >= 0.6 is 11.3 Å². The van der Waals surface area contributed by atoms with E-state index in [1.54, 1.807) is 12.3 Å². The Morgan fingerprint density at radius 3 is 2.78 bits per heavy atom. The summed E-state index contributed by atoms with van der Waals surface area (Å²) >= 11 is 1.12. The minimum atomic E-state index is -3.97. The number of ether oxygens (including phenoxy) is 2. The Kier molecular flexibility index (Phi) is 8.17. The molecule has 0 spiro atoms. The number of benzene rings is 1. The summed E-state index contributed by atoms with van der Waals surface area (Å²) in [5, 5.41) is 3.81. The van der Waals surface area contributed by atoms with E-state index in [-0.39, 0.29) is 35.9 Å². The van der Waals surface area contributed by atoms with Crippen LogP contribution in [0.2, 0.25) is 0 Å². The molecule has 1 atom stereocenters. The number of sulfone groups is 1. The molecule has 3 aromatic rings. The van der Waals surface area contributed by atoms with Crippen LogP contribution in [0.4, 0.5) is 0 Å². The summed E-state index contributed by atoms with van der Waals surface area (Å²) in [6.45, 7) is 1.97. The molecule has 4 rings (SSSR count). The van der Waals surface area contributed by atoms with Gasteiger partial charge in [0.1, 0.15) is 5.01 Å². The molecule has 12 heteroatoms. The second-order valence-corrected chi connectivity index (χ2v) is 11.6. The number of rotatable bonds is 12. The van der Waals surface area contributed by atoms with Gasteiger partial charge in [0.15, 0.2) is 15.1 Å². The van der Waals surface area contributed by atoms with Crippen LogP contribution in [0, 0.1) is 0 Å².